The Labute approximate surface area is 586 Å². The molecule has 12 nitrogen and oxygen atoms in total. The van der Waals surface area contributed by atoms with Crippen molar-refractivity contribution < 1.29 is 73.5 Å². The number of amides is 2. The Kier molecular flexibility index (Phi) is 16.5. The van der Waals surface area contributed by atoms with Gasteiger partial charge in [-0.3, -0.25) is 19.2 Å². The molecule has 0 saturated heterocycles. The first-order valence-electron chi connectivity index (χ1n) is 40.4. The molecule has 8 aromatic rings. The van der Waals surface area contributed by atoms with Gasteiger partial charge in [0, 0.05) is 85.6 Å². The molecule has 0 spiro atoms. The monoisotopic (exact) mass is 1370 g/mol. The lowest BCUT2D eigenvalue weighted by Gasteiger charge is -2.28. The topological polar surface area (TPSA) is 117 Å². The van der Waals surface area contributed by atoms with Gasteiger partial charge in [-0.2, -0.15) is 36.3 Å². The summed E-state index contributed by atoms with van der Waals surface area (Å²) in [7, 11) is 0. The molecule has 0 radical (unpaired) electrons. The maximum Gasteiger partial charge on any atom is 0.416 e. The molecular weight excluding hydrogens is 1270 g/mol. The summed E-state index contributed by atoms with van der Waals surface area (Å²) >= 11 is 1.75. The van der Waals surface area contributed by atoms with E-state index in [1.54, 1.807) is 54.8 Å². The largest absolute Gasteiger partial charge is 0.416 e. The van der Waals surface area contributed by atoms with E-state index >= 15 is 0 Å². The Morgan fingerprint density at radius 3 is 1.56 bits per heavy atom. The third kappa shape index (κ3) is 19.2. The van der Waals surface area contributed by atoms with Crippen molar-refractivity contribution in [3.05, 3.63) is 234 Å². The number of rotatable bonds is 26. The van der Waals surface area contributed by atoms with E-state index in [9.17, 15) is 54.3 Å². The summed E-state index contributed by atoms with van der Waals surface area (Å²) < 4.78 is 288. The second-order valence-electron chi connectivity index (χ2n) is 21.6. The molecular formula is C73H78F8N8O4S2. The minimum atomic E-state index is -5.32. The highest BCUT2D eigenvalue weighted by Crippen LogP contribution is 2.35. The Morgan fingerprint density at radius 2 is 1.02 bits per heavy atom. The van der Waals surface area contributed by atoms with Gasteiger partial charge < -0.3 is 28.7 Å². The molecule has 0 fully saturated rings. The Hall–Kier alpha value is -7.92. The number of carbonyl (C=O) groups excluding carboxylic acids is 2. The first-order valence-corrected chi connectivity index (χ1v) is 31.8. The third-order valence-corrected chi connectivity index (χ3v) is 17.4. The van der Waals surface area contributed by atoms with E-state index in [0.29, 0.717) is 70.9 Å². The van der Waals surface area contributed by atoms with Crippen molar-refractivity contribution in [1.82, 2.24) is 38.7 Å². The molecule has 22 heteroatoms. The summed E-state index contributed by atoms with van der Waals surface area (Å²) in [6.45, 7) is 1.68. The minimum Gasteiger partial charge on any atom is -0.336 e. The van der Waals surface area contributed by atoms with E-state index in [0.717, 1.165) is 51.1 Å². The fourth-order valence-corrected chi connectivity index (χ4v) is 12.0. The Balaban J connectivity index is 0.000000273. The third-order valence-electron chi connectivity index (χ3n) is 15.3. The molecule has 95 heavy (non-hydrogen) atoms. The zero-order valence-electron chi connectivity index (χ0n) is 73.1. The predicted molar refractivity (Wildman–Crippen MR) is 358 cm³/mol. The zero-order valence-corrected chi connectivity index (χ0v) is 53.7. The molecule has 6 aromatic carbocycles. The van der Waals surface area contributed by atoms with Gasteiger partial charge in [-0.25, -0.2) is 8.78 Å². The standard InChI is InChI=1S/C37H40F4N4O2S.C36H38F4N4O2S/c1-4-43(5-2)18-19-44(22-26-6-10-28(11-7-26)29-12-14-30(15-13-29)37(39,40)41)34(46)23-45-33-21-25(3)20-32(33)35(47)42-36(45)48-24-27-8-16-31(38)17-9-27;1-3-42(4-2)20-21-43(22-25-8-12-27(13-9-25)28-14-16-29(17-15-28)36(38,39)40)33(45)23-44-32-7-5-6-31(32)34(46)41-35(44)47-24-26-10-18-30(37)19-11-26/h6-17,25H,4-5,18-24H2,1-3H3;8-19H,3-7,20-24H2,1-2H3/i6D,7D,8D,9D,10D,11D,12D,13D,14D,15D,16D,17D,20D2,21D2,25D;3D2,4D2. The normalized spacial score (nSPS) is 18.9. The average Bonchev–Trinajstić information content (AvgIpc) is 1.52. The molecule has 2 amide bonds. The molecule has 0 bridgehead atoms. The van der Waals surface area contributed by atoms with E-state index in [1.165, 1.54) is 54.8 Å². The Morgan fingerprint density at radius 1 is 0.547 bits per heavy atom. The number of hydrogen-bond acceptors (Lipinski definition) is 10. The second-order valence-corrected chi connectivity index (χ2v) is 23.5. The van der Waals surface area contributed by atoms with Gasteiger partial charge in [0.15, 0.2) is 10.3 Å². The summed E-state index contributed by atoms with van der Waals surface area (Å²) in [5, 5.41) is -0.176. The van der Waals surface area contributed by atoms with Crippen LogP contribution in [0, 0.1) is 17.5 Å². The summed E-state index contributed by atoms with van der Waals surface area (Å²) in [5.74, 6) is -6.09. The van der Waals surface area contributed by atoms with Gasteiger partial charge in [0.1, 0.15) is 24.7 Å². The van der Waals surface area contributed by atoms with Crippen LogP contribution < -0.4 is 11.1 Å². The number of likely N-dealkylation sites (N-methyl/N-ethyl adjacent to an activating group) is 2. The second kappa shape index (κ2) is 32.7. The highest BCUT2D eigenvalue weighted by atomic mass is 32.2. The van der Waals surface area contributed by atoms with Gasteiger partial charge in [0.2, 0.25) is 11.8 Å². The van der Waals surface area contributed by atoms with Crippen LogP contribution in [-0.2, 0) is 85.2 Å². The molecule has 2 heterocycles. The van der Waals surface area contributed by atoms with Crippen molar-refractivity contribution in [1.29, 1.82) is 0 Å². The van der Waals surface area contributed by atoms with Gasteiger partial charge >= 0.3 is 12.4 Å². The smallest absolute Gasteiger partial charge is 0.336 e. The first kappa shape index (κ1) is 47.9. The van der Waals surface area contributed by atoms with Gasteiger partial charge in [0.05, 0.1) is 27.6 Å². The number of alkyl halides is 6. The lowest BCUT2D eigenvalue weighted by molar-refractivity contribution is -0.138. The van der Waals surface area contributed by atoms with Crippen LogP contribution >= 0.6 is 23.5 Å². The number of halogens is 8. The highest BCUT2D eigenvalue weighted by molar-refractivity contribution is 7.98. The fraction of sp³-hybridized carbons (Fsp3) is 0.370. The van der Waals surface area contributed by atoms with Crippen LogP contribution in [0.1, 0.15) is 126 Å². The van der Waals surface area contributed by atoms with Crippen molar-refractivity contribution in [3.63, 3.8) is 0 Å². The maximum atomic E-state index is 14.7. The van der Waals surface area contributed by atoms with Crippen molar-refractivity contribution in [2.75, 3.05) is 52.3 Å². The van der Waals surface area contributed by atoms with E-state index in [2.05, 4.69) is 9.97 Å². The van der Waals surface area contributed by atoms with Crippen LogP contribution in [-0.4, -0.2) is 103 Å². The van der Waals surface area contributed by atoms with E-state index in [4.69, 9.17) is 28.8 Å². The van der Waals surface area contributed by atoms with Crippen LogP contribution in [0.4, 0.5) is 35.1 Å². The lowest BCUT2D eigenvalue weighted by atomic mass is 10.0. The molecule has 1 unspecified atom stereocenters. The molecule has 10 rings (SSSR count). The molecule has 502 valence electrons. The minimum absolute atomic E-state index is 0.0337. The quantitative estimate of drug-likeness (QED) is 0.0295. The van der Waals surface area contributed by atoms with Gasteiger partial charge in [-0.15, -0.1) is 0 Å². The molecule has 1 atom stereocenters. The van der Waals surface area contributed by atoms with E-state index in [1.807, 2.05) is 4.90 Å². The molecule has 2 aromatic heterocycles. The van der Waals surface area contributed by atoms with Crippen molar-refractivity contribution in [3.8, 4) is 22.3 Å². The molecule has 0 aliphatic heterocycles. The van der Waals surface area contributed by atoms with Gasteiger partial charge in [-0.1, -0.05) is 155 Å². The summed E-state index contributed by atoms with van der Waals surface area (Å²) in [4.78, 5) is 69.1. The highest BCUT2D eigenvalue weighted by Gasteiger charge is 2.33. The van der Waals surface area contributed by atoms with Crippen LogP contribution in [0.3, 0.4) is 0 Å². The van der Waals surface area contributed by atoms with Crippen LogP contribution in [0.15, 0.2) is 165 Å². The molecule has 2 aliphatic carbocycles. The average molecular weight is 1370 g/mol. The van der Waals surface area contributed by atoms with Crippen LogP contribution in [0.2, 0.25) is 0 Å². The SMILES string of the molecule is [2H]C([2H])(C)N(CCN(Cc1ccc(-c2ccc(C(F)(F)F)cc2)cc1)C(=O)Cn1c(SCc2ccc(F)cc2)nc(=O)c2c1CCC2)C([2H])([2H])C.[2H]c1c([2H])c(CSc2nc(=O)c3c(n2CC(=O)N(CCN(CC)CC)Cc2c([2H])c([2H])c(-c4c([2H])c([2H])c(C(F)(F)F)c([2H])c4[2H])c([2H])c2[2H])C([2H])([2H])C([2H])(C)C3([2H])[2H])c([2H])c([2H])c1F. The number of hydrogen-bond donors (Lipinski definition) is 0. The number of aromatic nitrogens is 4. The van der Waals surface area contributed by atoms with Gasteiger partial charge in [-0.05, 0) is 157 Å². The molecule has 0 N–H and O–H groups in total. The number of thioether (sulfide) groups is 2. The van der Waals surface area contributed by atoms with Crippen LogP contribution in [0.25, 0.3) is 22.3 Å². The predicted octanol–water partition coefficient (Wildman–Crippen LogP) is 14.7. The van der Waals surface area contributed by atoms with Crippen molar-refractivity contribution in [2.24, 2.45) is 5.89 Å². The zero-order chi connectivity index (χ0) is 86.5. The van der Waals surface area contributed by atoms with Crippen LogP contribution in [0.5, 0.6) is 0 Å². The van der Waals surface area contributed by atoms with E-state index < -0.39 is 197 Å². The Bertz CT molecular complexity index is 5110. The van der Waals surface area contributed by atoms with E-state index in [-0.39, 0.29) is 62.1 Å². The maximum absolute atomic E-state index is 14.7. The summed E-state index contributed by atoms with van der Waals surface area (Å²) in [6, 6.07) is 4.77. The molecule has 0 saturated carbocycles. The number of fused-ring (bicyclic) bond motifs is 2. The fourth-order valence-electron chi connectivity index (χ4n) is 10.2. The number of nitrogens with zero attached hydrogens (tertiary/aromatic N) is 8. The van der Waals surface area contributed by atoms with Crippen molar-refractivity contribution in [2.45, 2.75) is 127 Å². The number of benzene rings is 6. The van der Waals surface area contributed by atoms with Crippen molar-refractivity contribution >= 4 is 35.3 Å². The summed E-state index contributed by atoms with van der Waals surface area (Å²) in [5.41, 5.74) is -4.63. The number of carbonyl (C=O) groups is 2. The molecule has 2 aliphatic rings. The first-order chi connectivity index (χ1) is 53.7. The summed E-state index contributed by atoms with van der Waals surface area (Å²) in [6.07, 6.45) is -14.0. The van der Waals surface area contributed by atoms with Gasteiger partial charge in [0.25, 0.3) is 11.1 Å². The lowest BCUT2D eigenvalue weighted by Crippen LogP contribution is -2.40.